The van der Waals surface area contributed by atoms with Crippen LogP contribution < -0.4 is 11.1 Å². The summed E-state index contributed by atoms with van der Waals surface area (Å²) in [7, 11) is 0. The second-order valence-corrected chi connectivity index (χ2v) is 6.83. The van der Waals surface area contributed by atoms with Crippen LogP contribution in [0, 0.1) is 0 Å². The lowest BCUT2D eigenvalue weighted by Gasteiger charge is -2.28. The van der Waals surface area contributed by atoms with Gasteiger partial charge in [-0.3, -0.25) is 4.98 Å². The van der Waals surface area contributed by atoms with Crippen molar-refractivity contribution >= 4 is 34.0 Å². The van der Waals surface area contributed by atoms with Crippen LogP contribution in [0.2, 0.25) is 0 Å². The lowest BCUT2D eigenvalue weighted by atomic mass is 10.1. The quantitative estimate of drug-likeness (QED) is 0.895. The lowest BCUT2D eigenvalue weighted by Crippen LogP contribution is -2.30. The molecule has 1 aromatic carbocycles. The molecule has 0 unspecified atom stereocenters. The molecular formula is C16H21N3S. The van der Waals surface area contributed by atoms with Crippen LogP contribution in [0.1, 0.15) is 25.7 Å². The molecule has 0 spiro atoms. The fourth-order valence-corrected chi connectivity index (χ4v) is 3.99. The van der Waals surface area contributed by atoms with E-state index in [4.69, 9.17) is 5.73 Å². The number of anilines is 2. The van der Waals surface area contributed by atoms with E-state index in [0.29, 0.717) is 4.75 Å². The van der Waals surface area contributed by atoms with Gasteiger partial charge in [0.2, 0.25) is 0 Å². The first kappa shape index (κ1) is 13.6. The Morgan fingerprint density at radius 2 is 2.05 bits per heavy atom. The van der Waals surface area contributed by atoms with Gasteiger partial charge >= 0.3 is 0 Å². The first-order chi connectivity index (χ1) is 9.74. The number of hydrogen-bond donors (Lipinski definition) is 2. The summed E-state index contributed by atoms with van der Waals surface area (Å²) in [5, 5.41) is 4.72. The van der Waals surface area contributed by atoms with Crippen LogP contribution in [-0.2, 0) is 0 Å². The number of nitrogen functional groups attached to an aromatic ring is 1. The van der Waals surface area contributed by atoms with Gasteiger partial charge in [0, 0.05) is 16.7 Å². The molecule has 3 N–H and O–H groups in total. The van der Waals surface area contributed by atoms with E-state index in [-0.39, 0.29) is 0 Å². The number of benzene rings is 1. The van der Waals surface area contributed by atoms with Crippen LogP contribution in [0.5, 0.6) is 0 Å². The highest BCUT2D eigenvalue weighted by molar-refractivity contribution is 8.00. The minimum Gasteiger partial charge on any atom is -0.396 e. The molecule has 4 heteroatoms. The number of pyridine rings is 1. The summed E-state index contributed by atoms with van der Waals surface area (Å²) in [5.41, 5.74) is 8.89. The minimum atomic E-state index is 0.372. The van der Waals surface area contributed by atoms with E-state index in [2.05, 4.69) is 22.6 Å². The highest BCUT2D eigenvalue weighted by atomic mass is 32.2. The number of thioether (sulfide) groups is 1. The fraction of sp³-hybridized carbons (Fsp3) is 0.438. The molecule has 1 aliphatic rings. The second-order valence-electron chi connectivity index (χ2n) is 5.55. The summed E-state index contributed by atoms with van der Waals surface area (Å²) in [5.74, 6) is 0. The number of fused-ring (bicyclic) bond motifs is 1. The highest BCUT2D eigenvalue weighted by Crippen LogP contribution is 2.41. The van der Waals surface area contributed by atoms with Crippen molar-refractivity contribution in [2.24, 2.45) is 0 Å². The zero-order valence-corrected chi connectivity index (χ0v) is 12.7. The van der Waals surface area contributed by atoms with Crippen molar-refractivity contribution in [3.63, 3.8) is 0 Å². The number of aromatic nitrogens is 1. The van der Waals surface area contributed by atoms with Crippen molar-refractivity contribution in [1.29, 1.82) is 0 Å². The van der Waals surface area contributed by atoms with Crippen LogP contribution >= 0.6 is 11.8 Å². The molecule has 106 valence electrons. The first-order valence-corrected chi connectivity index (χ1v) is 8.39. The predicted octanol–water partition coefficient (Wildman–Crippen LogP) is 3.90. The summed E-state index contributed by atoms with van der Waals surface area (Å²) in [4.78, 5) is 4.39. The molecule has 0 bridgehead atoms. The van der Waals surface area contributed by atoms with Gasteiger partial charge in [-0.25, -0.2) is 0 Å². The summed E-state index contributed by atoms with van der Waals surface area (Å²) >= 11 is 1.99. The predicted molar refractivity (Wildman–Crippen MR) is 89.4 cm³/mol. The Balaban J connectivity index is 1.89. The normalized spacial score (nSPS) is 17.4. The van der Waals surface area contributed by atoms with Crippen molar-refractivity contribution < 1.29 is 0 Å². The maximum absolute atomic E-state index is 6.12. The smallest absolute Gasteiger partial charge is 0.0743 e. The molecule has 0 atom stereocenters. The Bertz CT molecular complexity index is 606. The monoisotopic (exact) mass is 287 g/mol. The van der Waals surface area contributed by atoms with Crippen molar-refractivity contribution in [3.05, 3.63) is 30.5 Å². The highest BCUT2D eigenvalue weighted by Gasteiger charge is 2.32. The molecule has 3 rings (SSSR count). The molecule has 0 saturated heterocycles. The van der Waals surface area contributed by atoms with Crippen LogP contribution in [0.3, 0.4) is 0 Å². The maximum Gasteiger partial charge on any atom is 0.0743 e. The Hall–Kier alpha value is -1.42. The van der Waals surface area contributed by atoms with Crippen molar-refractivity contribution in [2.75, 3.05) is 23.9 Å². The van der Waals surface area contributed by atoms with Crippen molar-refractivity contribution in [1.82, 2.24) is 4.98 Å². The number of para-hydroxylation sites is 1. The Morgan fingerprint density at radius 1 is 1.30 bits per heavy atom. The van der Waals surface area contributed by atoms with Crippen molar-refractivity contribution in [3.8, 4) is 0 Å². The van der Waals surface area contributed by atoms with Gasteiger partial charge in [-0.1, -0.05) is 31.0 Å². The molecule has 1 aliphatic carbocycles. The van der Waals surface area contributed by atoms with Gasteiger partial charge in [-0.2, -0.15) is 11.8 Å². The van der Waals surface area contributed by atoms with Crippen LogP contribution in [-0.4, -0.2) is 22.5 Å². The van der Waals surface area contributed by atoms with E-state index in [1.807, 2.05) is 30.0 Å². The largest absolute Gasteiger partial charge is 0.396 e. The van der Waals surface area contributed by atoms with E-state index in [1.165, 1.54) is 25.7 Å². The number of nitrogens with one attached hydrogen (secondary N) is 1. The van der Waals surface area contributed by atoms with Crippen LogP contribution in [0.25, 0.3) is 10.9 Å². The number of rotatable bonds is 4. The van der Waals surface area contributed by atoms with E-state index >= 15 is 0 Å². The van der Waals surface area contributed by atoms with E-state index in [9.17, 15) is 0 Å². The summed E-state index contributed by atoms with van der Waals surface area (Å²) in [6.45, 7) is 0.979. The molecule has 1 saturated carbocycles. The average Bonchev–Trinajstić information content (AvgIpc) is 2.96. The topological polar surface area (TPSA) is 50.9 Å². The molecule has 2 aromatic rings. The average molecular weight is 287 g/mol. The SMILES string of the molecule is CSC1(CNc2c(N)cnc3ccccc23)CCCC1. The fourth-order valence-electron chi connectivity index (χ4n) is 3.08. The van der Waals surface area contributed by atoms with Crippen molar-refractivity contribution in [2.45, 2.75) is 30.4 Å². The van der Waals surface area contributed by atoms with Crippen LogP contribution in [0.4, 0.5) is 11.4 Å². The molecule has 1 heterocycles. The van der Waals surface area contributed by atoms with Gasteiger partial charge in [0.1, 0.15) is 0 Å². The summed E-state index contributed by atoms with van der Waals surface area (Å²) in [6, 6.07) is 8.16. The molecular weight excluding hydrogens is 266 g/mol. The minimum absolute atomic E-state index is 0.372. The van der Waals surface area contributed by atoms with Gasteiger partial charge in [0.05, 0.1) is 23.1 Å². The molecule has 1 fully saturated rings. The van der Waals surface area contributed by atoms with Gasteiger partial charge in [-0.15, -0.1) is 0 Å². The third-order valence-corrected chi connectivity index (χ3v) is 5.76. The Labute approximate surface area is 124 Å². The number of nitrogens with two attached hydrogens (primary N) is 1. The lowest BCUT2D eigenvalue weighted by molar-refractivity contribution is 0.640. The third kappa shape index (κ3) is 2.44. The van der Waals surface area contributed by atoms with Gasteiger partial charge < -0.3 is 11.1 Å². The molecule has 20 heavy (non-hydrogen) atoms. The number of nitrogens with zero attached hydrogens (tertiary/aromatic N) is 1. The van der Waals surface area contributed by atoms with Gasteiger partial charge in [0.25, 0.3) is 0 Å². The second kappa shape index (κ2) is 5.52. The van der Waals surface area contributed by atoms with Gasteiger partial charge in [-0.05, 0) is 25.2 Å². The van der Waals surface area contributed by atoms with E-state index < -0.39 is 0 Å². The molecule has 0 aliphatic heterocycles. The summed E-state index contributed by atoms with van der Waals surface area (Å²) < 4.78 is 0.372. The zero-order valence-electron chi connectivity index (χ0n) is 11.9. The Morgan fingerprint density at radius 3 is 2.80 bits per heavy atom. The molecule has 0 amide bonds. The van der Waals surface area contributed by atoms with E-state index in [1.54, 1.807) is 6.20 Å². The summed E-state index contributed by atoms with van der Waals surface area (Å²) in [6.07, 6.45) is 9.25. The van der Waals surface area contributed by atoms with Crippen LogP contribution in [0.15, 0.2) is 30.5 Å². The molecule has 1 aromatic heterocycles. The molecule has 3 nitrogen and oxygen atoms in total. The third-order valence-electron chi connectivity index (χ3n) is 4.34. The maximum atomic E-state index is 6.12. The molecule has 0 radical (unpaired) electrons. The standard InChI is InChI=1S/C16H21N3S/c1-20-16(8-4-5-9-16)11-19-15-12-6-2-3-7-14(12)18-10-13(15)17/h2-3,6-7,10H,4-5,8-9,11,17H2,1H3,(H,18,19). The number of hydrogen-bond acceptors (Lipinski definition) is 4. The van der Waals surface area contributed by atoms with Gasteiger partial charge in [0.15, 0.2) is 0 Å². The van der Waals surface area contributed by atoms with E-state index in [0.717, 1.165) is 28.8 Å². The first-order valence-electron chi connectivity index (χ1n) is 7.16. The zero-order chi connectivity index (χ0) is 14.0. The Kier molecular flexibility index (Phi) is 3.74.